The molecule has 4 nitrogen and oxygen atoms in total. The Bertz CT molecular complexity index is 699. The van der Waals surface area contributed by atoms with Gasteiger partial charge < -0.3 is 14.3 Å². The summed E-state index contributed by atoms with van der Waals surface area (Å²) in [6.45, 7) is 1.12. The van der Waals surface area contributed by atoms with Crippen molar-refractivity contribution in [2.24, 2.45) is 5.16 Å². The molecule has 0 N–H and O–H groups in total. The van der Waals surface area contributed by atoms with Crippen molar-refractivity contribution < 1.29 is 14.3 Å². The third kappa shape index (κ3) is 3.22. The minimum absolute atomic E-state index is 0.520. The third-order valence-corrected chi connectivity index (χ3v) is 3.95. The summed E-state index contributed by atoms with van der Waals surface area (Å²) >= 11 is 0. The van der Waals surface area contributed by atoms with E-state index in [9.17, 15) is 0 Å². The molecular formula is C19H21NO3. The molecular weight excluding hydrogens is 290 g/mol. The van der Waals surface area contributed by atoms with Gasteiger partial charge in [-0.25, -0.2) is 0 Å². The first-order chi connectivity index (χ1) is 11.3. The van der Waals surface area contributed by atoms with E-state index in [2.05, 4.69) is 23.4 Å². The number of benzene rings is 1. The predicted molar refractivity (Wildman–Crippen MR) is 91.8 cm³/mol. The van der Waals surface area contributed by atoms with Crippen LogP contribution < -0.4 is 4.74 Å². The van der Waals surface area contributed by atoms with Gasteiger partial charge in [-0.2, -0.15) is 0 Å². The lowest BCUT2D eigenvalue weighted by molar-refractivity contribution is 0.214. The van der Waals surface area contributed by atoms with Gasteiger partial charge in [-0.05, 0) is 47.8 Å². The van der Waals surface area contributed by atoms with Gasteiger partial charge in [-0.15, -0.1) is 0 Å². The van der Waals surface area contributed by atoms with Crippen LogP contribution in [0.2, 0.25) is 0 Å². The maximum atomic E-state index is 5.78. The molecule has 0 unspecified atom stereocenters. The fourth-order valence-corrected chi connectivity index (χ4v) is 2.94. The van der Waals surface area contributed by atoms with Crippen molar-refractivity contribution in [2.75, 3.05) is 27.4 Å². The van der Waals surface area contributed by atoms with E-state index in [1.807, 2.05) is 24.3 Å². The molecule has 1 aromatic carbocycles. The largest absolute Gasteiger partial charge is 0.490 e. The van der Waals surface area contributed by atoms with Crippen molar-refractivity contribution in [3.8, 4) is 5.75 Å². The van der Waals surface area contributed by atoms with Crippen molar-refractivity contribution in [1.82, 2.24) is 0 Å². The number of nitrogens with zero attached hydrogens (tertiary/aromatic N) is 1. The van der Waals surface area contributed by atoms with E-state index in [-0.39, 0.29) is 0 Å². The molecule has 0 spiro atoms. The molecule has 0 saturated carbocycles. The van der Waals surface area contributed by atoms with Gasteiger partial charge in [-0.1, -0.05) is 29.5 Å². The van der Waals surface area contributed by atoms with E-state index < -0.39 is 0 Å². The highest BCUT2D eigenvalue weighted by molar-refractivity contribution is 6.24. The summed E-state index contributed by atoms with van der Waals surface area (Å²) in [5.41, 5.74) is 5.74. The fourth-order valence-electron chi connectivity index (χ4n) is 2.94. The van der Waals surface area contributed by atoms with Gasteiger partial charge in [0.15, 0.2) is 0 Å². The summed E-state index contributed by atoms with van der Waals surface area (Å²) in [5, 5.41) is 4.25. The average molecular weight is 311 g/mol. The molecule has 0 aromatic heterocycles. The summed E-state index contributed by atoms with van der Waals surface area (Å²) in [7, 11) is 3.26. The van der Waals surface area contributed by atoms with Crippen LogP contribution in [0.3, 0.4) is 0 Å². The van der Waals surface area contributed by atoms with E-state index in [1.54, 1.807) is 14.2 Å². The zero-order chi connectivity index (χ0) is 16.1. The smallest absolute Gasteiger partial charge is 0.120 e. The molecule has 0 heterocycles. The Kier molecular flexibility index (Phi) is 4.93. The quantitative estimate of drug-likeness (QED) is 0.593. The molecule has 0 amide bonds. The SMILES string of the molecule is COC/C=C\COc1ccc2c(c1)/C(=N/OC)C1=C2C=CCC1. The Morgan fingerprint density at radius 3 is 2.83 bits per heavy atom. The molecule has 4 heteroatoms. The monoisotopic (exact) mass is 311 g/mol. The first-order valence-electron chi connectivity index (χ1n) is 7.78. The van der Waals surface area contributed by atoms with Gasteiger partial charge in [0.1, 0.15) is 25.2 Å². The van der Waals surface area contributed by atoms with Crippen LogP contribution in [0.25, 0.3) is 5.57 Å². The van der Waals surface area contributed by atoms with Crippen LogP contribution in [0.5, 0.6) is 5.75 Å². The number of ether oxygens (including phenoxy) is 2. The van der Waals surface area contributed by atoms with E-state index >= 15 is 0 Å². The molecule has 2 aliphatic carbocycles. The van der Waals surface area contributed by atoms with Crippen LogP contribution >= 0.6 is 0 Å². The second kappa shape index (κ2) is 7.29. The van der Waals surface area contributed by atoms with Crippen LogP contribution in [-0.2, 0) is 9.57 Å². The Morgan fingerprint density at radius 1 is 1.13 bits per heavy atom. The normalized spacial score (nSPS) is 17.7. The molecule has 23 heavy (non-hydrogen) atoms. The van der Waals surface area contributed by atoms with E-state index in [4.69, 9.17) is 14.3 Å². The molecule has 0 aliphatic heterocycles. The zero-order valence-corrected chi connectivity index (χ0v) is 13.5. The number of fused-ring (bicyclic) bond motifs is 2. The van der Waals surface area contributed by atoms with Gasteiger partial charge in [0.25, 0.3) is 0 Å². The number of hydrogen-bond acceptors (Lipinski definition) is 4. The lowest BCUT2D eigenvalue weighted by Gasteiger charge is -2.08. The topological polar surface area (TPSA) is 40.0 Å². The van der Waals surface area contributed by atoms with Crippen LogP contribution in [0.1, 0.15) is 24.0 Å². The van der Waals surface area contributed by atoms with E-state index in [0.717, 1.165) is 29.9 Å². The molecule has 0 atom stereocenters. The highest BCUT2D eigenvalue weighted by Gasteiger charge is 2.28. The Hall–Kier alpha value is -2.33. The lowest BCUT2D eigenvalue weighted by atomic mass is 9.97. The molecule has 3 rings (SSSR count). The highest BCUT2D eigenvalue weighted by Crippen LogP contribution is 2.40. The van der Waals surface area contributed by atoms with Crippen molar-refractivity contribution in [2.45, 2.75) is 12.8 Å². The molecule has 2 aliphatic rings. The summed E-state index contributed by atoms with van der Waals surface area (Å²) < 4.78 is 10.7. The van der Waals surface area contributed by atoms with Crippen molar-refractivity contribution >= 4 is 11.3 Å². The summed E-state index contributed by atoms with van der Waals surface area (Å²) in [5.74, 6) is 0.832. The Balaban J connectivity index is 1.83. The van der Waals surface area contributed by atoms with E-state index in [0.29, 0.717) is 13.2 Å². The molecule has 0 saturated heterocycles. The van der Waals surface area contributed by atoms with E-state index in [1.165, 1.54) is 16.7 Å². The van der Waals surface area contributed by atoms with Gasteiger partial charge in [0.2, 0.25) is 0 Å². The zero-order valence-electron chi connectivity index (χ0n) is 13.5. The summed E-state index contributed by atoms with van der Waals surface area (Å²) in [4.78, 5) is 5.06. The van der Waals surface area contributed by atoms with Crippen molar-refractivity contribution in [3.05, 3.63) is 59.2 Å². The number of oxime groups is 1. The number of rotatable bonds is 6. The first kappa shape index (κ1) is 15.6. The highest BCUT2D eigenvalue weighted by atomic mass is 16.6. The minimum Gasteiger partial charge on any atom is -0.490 e. The lowest BCUT2D eigenvalue weighted by Crippen LogP contribution is -2.03. The van der Waals surface area contributed by atoms with Crippen LogP contribution in [0.4, 0.5) is 0 Å². The van der Waals surface area contributed by atoms with Crippen LogP contribution in [0, 0.1) is 0 Å². The number of methoxy groups -OCH3 is 1. The molecule has 0 bridgehead atoms. The maximum Gasteiger partial charge on any atom is 0.120 e. The van der Waals surface area contributed by atoms with Gasteiger partial charge in [0.05, 0.1) is 6.61 Å². The average Bonchev–Trinajstić information content (AvgIpc) is 2.89. The number of hydrogen-bond donors (Lipinski definition) is 0. The molecule has 1 aromatic rings. The second-order valence-electron chi connectivity index (χ2n) is 5.40. The third-order valence-electron chi connectivity index (χ3n) is 3.95. The van der Waals surface area contributed by atoms with Crippen LogP contribution in [0.15, 0.2) is 53.2 Å². The standard InChI is InChI=1S/C19H21NO3/c1-21-11-5-6-12-23-14-9-10-16-15-7-3-4-8-17(15)19(20-22-2)18(16)13-14/h3,5-7,9-10,13H,4,8,11-12H2,1-2H3/b6-5-,20-19+. The first-order valence-corrected chi connectivity index (χ1v) is 7.78. The van der Waals surface area contributed by atoms with Crippen molar-refractivity contribution in [3.63, 3.8) is 0 Å². The predicted octanol–water partition coefficient (Wildman–Crippen LogP) is 3.74. The summed E-state index contributed by atoms with van der Waals surface area (Å²) in [6.07, 6.45) is 10.3. The Labute approximate surface area is 136 Å². The van der Waals surface area contributed by atoms with Gasteiger partial charge in [0, 0.05) is 12.7 Å². The molecule has 120 valence electrons. The molecule has 0 fully saturated rings. The number of allylic oxidation sites excluding steroid dienone is 4. The minimum atomic E-state index is 0.520. The maximum absolute atomic E-state index is 5.78. The Morgan fingerprint density at radius 2 is 2.00 bits per heavy atom. The fraction of sp³-hybridized carbons (Fsp3) is 0.316. The second-order valence-corrected chi connectivity index (χ2v) is 5.40. The van der Waals surface area contributed by atoms with Crippen LogP contribution in [-0.4, -0.2) is 33.1 Å². The summed E-state index contributed by atoms with van der Waals surface area (Å²) in [6, 6.07) is 6.15. The van der Waals surface area contributed by atoms with Gasteiger partial charge >= 0.3 is 0 Å². The van der Waals surface area contributed by atoms with Crippen molar-refractivity contribution in [1.29, 1.82) is 0 Å². The van der Waals surface area contributed by atoms with Gasteiger partial charge in [-0.3, -0.25) is 0 Å². The molecule has 0 radical (unpaired) electrons.